The van der Waals surface area contributed by atoms with Crippen molar-refractivity contribution < 1.29 is 17.9 Å². The summed E-state index contributed by atoms with van der Waals surface area (Å²) in [6.45, 7) is 8.62. The zero-order valence-corrected chi connectivity index (χ0v) is 17.3. The van der Waals surface area contributed by atoms with Crippen molar-refractivity contribution in [2.45, 2.75) is 44.9 Å². The van der Waals surface area contributed by atoms with Gasteiger partial charge in [-0.25, -0.2) is 8.42 Å². The highest BCUT2D eigenvalue weighted by molar-refractivity contribution is 7.89. The van der Waals surface area contributed by atoms with Crippen LogP contribution in [-0.4, -0.2) is 51.4 Å². The molecule has 8 heteroatoms. The highest BCUT2D eigenvalue weighted by Gasteiger charge is 2.23. The lowest BCUT2D eigenvalue weighted by Crippen LogP contribution is -2.30. The average molecular weight is 398 g/mol. The number of rotatable bonds is 10. The first-order valence-corrected chi connectivity index (χ1v) is 11.1. The summed E-state index contributed by atoms with van der Waals surface area (Å²) in [5.41, 5.74) is 0.402. The Balaban J connectivity index is 2.17. The Labute approximate surface area is 162 Å². The molecule has 0 saturated carbocycles. The van der Waals surface area contributed by atoms with Crippen LogP contribution in [0.25, 0.3) is 0 Å². The zero-order chi connectivity index (χ0) is 19.9. The van der Waals surface area contributed by atoms with E-state index in [1.807, 2.05) is 6.92 Å². The second-order valence-electron chi connectivity index (χ2n) is 6.63. The number of ether oxygens (including phenoxy) is 1. The van der Waals surface area contributed by atoms with Crippen LogP contribution in [0.15, 0.2) is 23.1 Å². The Morgan fingerprint density at radius 1 is 1.30 bits per heavy atom. The SMILES string of the molecule is CCOc1ccc(S(=O)(=O)N(CC)CC)cc1NC(=O)CCC1CCNC1. The third-order valence-corrected chi connectivity index (χ3v) is 6.86. The number of carbonyl (C=O) groups excluding carboxylic acids is 1. The summed E-state index contributed by atoms with van der Waals surface area (Å²) in [7, 11) is -3.60. The Morgan fingerprint density at radius 3 is 2.63 bits per heavy atom. The van der Waals surface area contributed by atoms with Crippen LogP contribution in [0.2, 0.25) is 0 Å². The number of sulfonamides is 1. The van der Waals surface area contributed by atoms with Crippen LogP contribution in [-0.2, 0) is 14.8 Å². The van der Waals surface area contributed by atoms with Crippen LogP contribution < -0.4 is 15.4 Å². The average Bonchev–Trinajstić information content (AvgIpc) is 3.16. The first kappa shape index (κ1) is 21.7. The fourth-order valence-corrected chi connectivity index (χ4v) is 4.75. The minimum Gasteiger partial charge on any atom is -0.492 e. The smallest absolute Gasteiger partial charge is 0.243 e. The Morgan fingerprint density at radius 2 is 2.04 bits per heavy atom. The van der Waals surface area contributed by atoms with Crippen molar-refractivity contribution in [2.24, 2.45) is 5.92 Å². The van der Waals surface area contributed by atoms with Gasteiger partial charge in [-0.05, 0) is 57.0 Å². The van der Waals surface area contributed by atoms with Crippen LogP contribution in [0.1, 0.15) is 40.0 Å². The molecule has 7 nitrogen and oxygen atoms in total. The number of nitrogens with one attached hydrogen (secondary N) is 2. The van der Waals surface area contributed by atoms with Crippen LogP contribution in [0.4, 0.5) is 5.69 Å². The quantitative estimate of drug-likeness (QED) is 0.633. The molecule has 1 saturated heterocycles. The van der Waals surface area contributed by atoms with Gasteiger partial charge >= 0.3 is 0 Å². The predicted molar refractivity (Wildman–Crippen MR) is 107 cm³/mol. The molecule has 2 N–H and O–H groups in total. The van der Waals surface area contributed by atoms with E-state index >= 15 is 0 Å². The molecule has 27 heavy (non-hydrogen) atoms. The fraction of sp³-hybridized carbons (Fsp3) is 0.632. The number of benzene rings is 1. The maximum Gasteiger partial charge on any atom is 0.243 e. The molecule has 0 aliphatic carbocycles. The Hall–Kier alpha value is -1.64. The molecule has 0 bridgehead atoms. The summed E-state index contributed by atoms with van der Waals surface area (Å²) in [4.78, 5) is 12.5. The van der Waals surface area contributed by atoms with Gasteiger partial charge in [0.1, 0.15) is 5.75 Å². The third-order valence-electron chi connectivity index (χ3n) is 4.81. The molecule has 0 spiro atoms. The normalized spacial score (nSPS) is 17.3. The second kappa shape index (κ2) is 10.1. The standard InChI is InChI=1S/C19H31N3O4S/c1-4-22(5-2)27(24,25)16-8-9-18(26-6-3)17(13-16)21-19(23)10-7-15-11-12-20-14-15/h8-9,13,15,20H,4-7,10-12,14H2,1-3H3,(H,21,23). The summed E-state index contributed by atoms with van der Waals surface area (Å²) in [6, 6.07) is 4.63. The number of carbonyl (C=O) groups is 1. The molecule has 0 radical (unpaired) electrons. The van der Waals surface area contributed by atoms with Crippen molar-refractivity contribution >= 4 is 21.6 Å². The fourth-order valence-electron chi connectivity index (χ4n) is 3.27. The minimum atomic E-state index is -3.60. The molecule has 2 rings (SSSR count). The number of hydrogen-bond acceptors (Lipinski definition) is 5. The molecule has 152 valence electrons. The summed E-state index contributed by atoms with van der Waals surface area (Å²) < 4.78 is 32.5. The molecule has 1 aliphatic rings. The molecule has 1 aromatic rings. The number of anilines is 1. The van der Waals surface area contributed by atoms with Crippen molar-refractivity contribution in [1.82, 2.24) is 9.62 Å². The monoisotopic (exact) mass is 397 g/mol. The van der Waals surface area contributed by atoms with Crippen LogP contribution >= 0.6 is 0 Å². The van der Waals surface area contributed by atoms with E-state index in [9.17, 15) is 13.2 Å². The van der Waals surface area contributed by atoms with Gasteiger partial charge in [-0.15, -0.1) is 0 Å². The summed E-state index contributed by atoms with van der Waals surface area (Å²) in [6.07, 6.45) is 2.32. The van der Waals surface area contributed by atoms with Gasteiger partial charge in [0.15, 0.2) is 0 Å². The summed E-state index contributed by atoms with van der Waals surface area (Å²) in [5.74, 6) is 0.878. The van der Waals surface area contributed by atoms with Gasteiger partial charge in [0.05, 0.1) is 17.2 Å². The lowest BCUT2D eigenvalue weighted by molar-refractivity contribution is -0.116. The maximum absolute atomic E-state index is 12.8. The number of hydrogen-bond donors (Lipinski definition) is 2. The minimum absolute atomic E-state index is 0.125. The predicted octanol–water partition coefficient (Wildman–Crippen LogP) is 2.44. The van der Waals surface area contributed by atoms with Gasteiger partial charge in [0.2, 0.25) is 15.9 Å². The lowest BCUT2D eigenvalue weighted by atomic mass is 10.0. The highest BCUT2D eigenvalue weighted by atomic mass is 32.2. The topological polar surface area (TPSA) is 87.7 Å². The van der Waals surface area contributed by atoms with Gasteiger partial charge in [0.25, 0.3) is 0 Å². The molecular weight excluding hydrogens is 366 g/mol. The molecular formula is C19H31N3O4S. The number of amides is 1. The van der Waals surface area contributed by atoms with E-state index in [1.54, 1.807) is 19.9 Å². The van der Waals surface area contributed by atoms with E-state index in [1.165, 1.54) is 16.4 Å². The highest BCUT2D eigenvalue weighted by Crippen LogP contribution is 2.29. The lowest BCUT2D eigenvalue weighted by Gasteiger charge is -2.20. The van der Waals surface area contributed by atoms with Crippen molar-refractivity contribution in [2.75, 3.05) is 38.1 Å². The van der Waals surface area contributed by atoms with E-state index in [0.717, 1.165) is 25.9 Å². The van der Waals surface area contributed by atoms with Crippen LogP contribution in [0.5, 0.6) is 5.75 Å². The molecule has 1 aliphatic heterocycles. The van der Waals surface area contributed by atoms with Crippen molar-refractivity contribution in [3.8, 4) is 5.75 Å². The van der Waals surface area contributed by atoms with Gasteiger partial charge < -0.3 is 15.4 Å². The number of nitrogens with zero attached hydrogens (tertiary/aromatic N) is 1. The van der Waals surface area contributed by atoms with Crippen molar-refractivity contribution in [3.63, 3.8) is 0 Å². The summed E-state index contributed by atoms with van der Waals surface area (Å²) >= 11 is 0. The molecule has 1 fully saturated rings. The van der Waals surface area contributed by atoms with Crippen LogP contribution in [0, 0.1) is 5.92 Å². The molecule has 1 heterocycles. The third kappa shape index (κ3) is 5.67. The van der Waals surface area contributed by atoms with Crippen molar-refractivity contribution in [1.29, 1.82) is 0 Å². The molecule has 1 atom stereocenters. The van der Waals surface area contributed by atoms with Gasteiger partial charge in [-0.3, -0.25) is 4.79 Å². The van der Waals surface area contributed by atoms with Gasteiger partial charge in [-0.1, -0.05) is 13.8 Å². The van der Waals surface area contributed by atoms with E-state index in [0.29, 0.717) is 43.5 Å². The zero-order valence-electron chi connectivity index (χ0n) is 16.5. The van der Waals surface area contributed by atoms with Gasteiger partial charge in [0, 0.05) is 19.5 Å². The summed E-state index contributed by atoms with van der Waals surface area (Å²) in [5, 5.41) is 6.13. The first-order chi connectivity index (χ1) is 12.9. The van der Waals surface area contributed by atoms with Gasteiger partial charge in [-0.2, -0.15) is 4.31 Å². The van der Waals surface area contributed by atoms with Crippen molar-refractivity contribution in [3.05, 3.63) is 18.2 Å². The molecule has 1 aromatic carbocycles. The molecule has 0 aromatic heterocycles. The maximum atomic E-state index is 12.8. The van der Waals surface area contributed by atoms with E-state index in [4.69, 9.17) is 4.74 Å². The molecule has 1 amide bonds. The Kier molecular flexibility index (Phi) is 8.07. The first-order valence-electron chi connectivity index (χ1n) is 9.69. The van der Waals surface area contributed by atoms with E-state index in [-0.39, 0.29) is 10.8 Å². The largest absolute Gasteiger partial charge is 0.492 e. The Bertz CT molecular complexity index is 726. The van der Waals surface area contributed by atoms with E-state index in [2.05, 4.69) is 10.6 Å². The van der Waals surface area contributed by atoms with E-state index < -0.39 is 10.0 Å². The molecule has 1 unspecified atom stereocenters. The second-order valence-corrected chi connectivity index (χ2v) is 8.56. The van der Waals surface area contributed by atoms with Crippen LogP contribution in [0.3, 0.4) is 0 Å².